The first-order chi connectivity index (χ1) is 6.70. The van der Waals surface area contributed by atoms with E-state index in [1.807, 2.05) is 0 Å². The van der Waals surface area contributed by atoms with Gasteiger partial charge in [-0.05, 0) is 18.2 Å². The zero-order chi connectivity index (χ0) is 10.1. The molecule has 70 valence electrons. The maximum atomic E-state index is 12.8. The van der Waals surface area contributed by atoms with E-state index in [9.17, 15) is 9.50 Å². The molecule has 1 unspecified atom stereocenters. The van der Waals surface area contributed by atoms with Gasteiger partial charge in [0.05, 0.1) is 5.57 Å². The van der Waals surface area contributed by atoms with Crippen LogP contribution >= 0.6 is 0 Å². The molecule has 0 aromatic heterocycles. The summed E-state index contributed by atoms with van der Waals surface area (Å²) in [5.41, 5.74) is 1.01. The SMILES string of the molecule is C#CC1=Cc2ccc(F)cc2OC1O. The van der Waals surface area contributed by atoms with Crippen LogP contribution in [-0.2, 0) is 0 Å². The van der Waals surface area contributed by atoms with Gasteiger partial charge in [0.2, 0.25) is 6.29 Å². The lowest BCUT2D eigenvalue weighted by molar-refractivity contribution is 0.0165. The van der Waals surface area contributed by atoms with Gasteiger partial charge in [-0.25, -0.2) is 4.39 Å². The van der Waals surface area contributed by atoms with Crippen molar-refractivity contribution in [1.29, 1.82) is 0 Å². The van der Waals surface area contributed by atoms with E-state index >= 15 is 0 Å². The number of benzene rings is 1. The van der Waals surface area contributed by atoms with Crippen LogP contribution < -0.4 is 4.74 Å². The molecule has 0 fully saturated rings. The van der Waals surface area contributed by atoms with Crippen molar-refractivity contribution < 1.29 is 14.2 Å². The van der Waals surface area contributed by atoms with E-state index in [0.29, 0.717) is 16.9 Å². The Bertz CT molecular complexity index is 443. The maximum Gasteiger partial charge on any atom is 0.232 e. The lowest BCUT2D eigenvalue weighted by Gasteiger charge is -2.20. The summed E-state index contributed by atoms with van der Waals surface area (Å²) in [5.74, 6) is 2.20. The number of fused-ring (bicyclic) bond motifs is 1. The first-order valence-electron chi connectivity index (χ1n) is 4.03. The Kier molecular flexibility index (Phi) is 1.99. The third kappa shape index (κ3) is 1.36. The predicted molar refractivity (Wildman–Crippen MR) is 49.8 cm³/mol. The molecule has 2 rings (SSSR count). The summed E-state index contributed by atoms with van der Waals surface area (Å²) in [6.45, 7) is 0. The van der Waals surface area contributed by atoms with Gasteiger partial charge in [0, 0.05) is 11.6 Å². The zero-order valence-electron chi connectivity index (χ0n) is 7.20. The van der Waals surface area contributed by atoms with Crippen LogP contribution in [0, 0.1) is 18.2 Å². The van der Waals surface area contributed by atoms with Crippen molar-refractivity contribution in [2.24, 2.45) is 0 Å². The Labute approximate surface area is 80.6 Å². The summed E-state index contributed by atoms with van der Waals surface area (Å²) in [7, 11) is 0. The Morgan fingerprint density at radius 1 is 1.50 bits per heavy atom. The van der Waals surface area contributed by atoms with Crippen molar-refractivity contribution in [2.45, 2.75) is 6.29 Å². The molecular weight excluding hydrogens is 183 g/mol. The zero-order valence-corrected chi connectivity index (χ0v) is 7.20. The molecule has 0 bridgehead atoms. The van der Waals surface area contributed by atoms with Crippen LogP contribution in [0.4, 0.5) is 4.39 Å². The molecule has 14 heavy (non-hydrogen) atoms. The smallest absolute Gasteiger partial charge is 0.232 e. The highest BCUT2D eigenvalue weighted by Crippen LogP contribution is 2.28. The number of aliphatic hydroxyl groups excluding tert-OH is 1. The topological polar surface area (TPSA) is 29.5 Å². The maximum absolute atomic E-state index is 12.8. The molecule has 1 aromatic rings. The van der Waals surface area contributed by atoms with Gasteiger partial charge in [0.15, 0.2) is 0 Å². The number of ether oxygens (including phenoxy) is 1. The lowest BCUT2D eigenvalue weighted by Crippen LogP contribution is -2.21. The Balaban J connectivity index is 2.52. The minimum Gasteiger partial charge on any atom is -0.459 e. The number of aliphatic hydroxyl groups is 1. The van der Waals surface area contributed by atoms with Gasteiger partial charge in [-0.2, -0.15) is 0 Å². The van der Waals surface area contributed by atoms with E-state index in [-0.39, 0.29) is 0 Å². The minimum absolute atomic E-state index is 0.302. The summed E-state index contributed by atoms with van der Waals surface area (Å²) in [5, 5.41) is 9.35. The van der Waals surface area contributed by atoms with Gasteiger partial charge in [0.25, 0.3) is 0 Å². The number of terminal acetylenes is 1. The number of hydrogen-bond acceptors (Lipinski definition) is 2. The quantitative estimate of drug-likeness (QED) is 0.629. The average Bonchev–Trinajstić information content (AvgIpc) is 2.16. The second-order valence-corrected chi connectivity index (χ2v) is 2.90. The molecule has 1 atom stereocenters. The molecule has 0 amide bonds. The molecule has 0 aliphatic carbocycles. The second kappa shape index (κ2) is 3.17. The third-order valence-electron chi connectivity index (χ3n) is 1.96. The van der Waals surface area contributed by atoms with Crippen LogP contribution in [0.15, 0.2) is 23.8 Å². The van der Waals surface area contributed by atoms with Crippen molar-refractivity contribution in [2.75, 3.05) is 0 Å². The molecule has 3 heteroatoms. The summed E-state index contributed by atoms with van der Waals surface area (Å²) in [4.78, 5) is 0. The molecule has 1 aromatic carbocycles. The highest BCUT2D eigenvalue weighted by atomic mass is 19.1. The number of rotatable bonds is 0. The van der Waals surface area contributed by atoms with E-state index in [1.54, 1.807) is 12.1 Å². The third-order valence-corrected chi connectivity index (χ3v) is 1.96. The number of halogens is 1. The first kappa shape index (κ1) is 8.79. The van der Waals surface area contributed by atoms with Crippen molar-refractivity contribution in [3.63, 3.8) is 0 Å². The van der Waals surface area contributed by atoms with E-state index in [1.165, 1.54) is 12.1 Å². The van der Waals surface area contributed by atoms with Gasteiger partial charge < -0.3 is 9.84 Å². The van der Waals surface area contributed by atoms with Crippen LogP contribution in [0.2, 0.25) is 0 Å². The first-order valence-corrected chi connectivity index (χ1v) is 4.03. The molecule has 0 radical (unpaired) electrons. The van der Waals surface area contributed by atoms with Crippen LogP contribution in [0.1, 0.15) is 5.56 Å². The highest BCUT2D eigenvalue weighted by molar-refractivity contribution is 5.66. The molecule has 1 aliphatic rings. The van der Waals surface area contributed by atoms with Gasteiger partial charge in [0.1, 0.15) is 11.6 Å². The summed E-state index contributed by atoms with van der Waals surface area (Å²) < 4.78 is 17.8. The van der Waals surface area contributed by atoms with Crippen LogP contribution in [-0.4, -0.2) is 11.4 Å². The largest absolute Gasteiger partial charge is 0.459 e. The Hall–Kier alpha value is -1.79. The van der Waals surface area contributed by atoms with Gasteiger partial charge in [-0.3, -0.25) is 0 Å². The van der Waals surface area contributed by atoms with Crippen molar-refractivity contribution in [1.82, 2.24) is 0 Å². The van der Waals surface area contributed by atoms with Crippen LogP contribution in [0.5, 0.6) is 5.75 Å². The molecular formula is C11H7FO2. The normalized spacial score (nSPS) is 18.9. The van der Waals surface area contributed by atoms with Gasteiger partial charge in [-0.15, -0.1) is 6.42 Å². The molecule has 1 aliphatic heterocycles. The second-order valence-electron chi connectivity index (χ2n) is 2.90. The van der Waals surface area contributed by atoms with Crippen molar-refractivity contribution in [3.05, 3.63) is 35.2 Å². The predicted octanol–water partition coefficient (Wildman–Crippen LogP) is 1.55. The van der Waals surface area contributed by atoms with Gasteiger partial charge in [-0.1, -0.05) is 5.92 Å². The van der Waals surface area contributed by atoms with E-state index in [4.69, 9.17) is 11.2 Å². The standard InChI is InChI=1S/C11H7FO2/c1-2-7-5-8-3-4-9(12)6-10(8)14-11(7)13/h1,3-6,11,13H. The molecule has 0 saturated heterocycles. The average molecular weight is 190 g/mol. The highest BCUT2D eigenvalue weighted by Gasteiger charge is 2.18. The summed E-state index contributed by atoms with van der Waals surface area (Å²) in [6.07, 6.45) is 5.58. The van der Waals surface area contributed by atoms with E-state index < -0.39 is 12.1 Å². The fourth-order valence-corrected chi connectivity index (χ4v) is 1.27. The Morgan fingerprint density at radius 2 is 2.29 bits per heavy atom. The summed E-state index contributed by atoms with van der Waals surface area (Å²) in [6, 6.07) is 4.07. The molecule has 0 saturated carbocycles. The van der Waals surface area contributed by atoms with E-state index in [0.717, 1.165) is 0 Å². The lowest BCUT2D eigenvalue weighted by atomic mass is 10.1. The fourth-order valence-electron chi connectivity index (χ4n) is 1.27. The van der Waals surface area contributed by atoms with Gasteiger partial charge >= 0.3 is 0 Å². The van der Waals surface area contributed by atoms with Crippen molar-refractivity contribution in [3.8, 4) is 18.1 Å². The number of hydrogen-bond donors (Lipinski definition) is 1. The van der Waals surface area contributed by atoms with Crippen LogP contribution in [0.25, 0.3) is 6.08 Å². The molecule has 0 spiro atoms. The fraction of sp³-hybridized carbons (Fsp3) is 0.0909. The van der Waals surface area contributed by atoms with Crippen LogP contribution in [0.3, 0.4) is 0 Å². The molecule has 1 N–H and O–H groups in total. The van der Waals surface area contributed by atoms with Crippen molar-refractivity contribution >= 4 is 6.08 Å². The van der Waals surface area contributed by atoms with E-state index in [2.05, 4.69) is 5.92 Å². The summed E-state index contributed by atoms with van der Waals surface area (Å²) >= 11 is 0. The molecule has 2 nitrogen and oxygen atoms in total. The minimum atomic E-state index is -1.17. The Morgan fingerprint density at radius 3 is 3.00 bits per heavy atom. The molecule has 1 heterocycles. The monoisotopic (exact) mass is 190 g/mol.